The third-order valence-corrected chi connectivity index (χ3v) is 2.69. The molecule has 76 valence electrons. The molecule has 2 rings (SSSR count). The van der Waals surface area contributed by atoms with E-state index in [4.69, 9.17) is 9.84 Å². The maximum atomic E-state index is 10.7. The van der Waals surface area contributed by atoms with Crippen LogP contribution in [0.5, 0.6) is 0 Å². The highest BCUT2D eigenvalue weighted by molar-refractivity contribution is 5.85. The summed E-state index contributed by atoms with van der Waals surface area (Å²) in [6.45, 7) is 1.57. The van der Waals surface area contributed by atoms with Crippen molar-refractivity contribution in [2.75, 3.05) is 13.2 Å². The number of carbonyl (C=O) groups is 1. The minimum absolute atomic E-state index is 0. The van der Waals surface area contributed by atoms with Crippen molar-refractivity contribution < 1.29 is 14.6 Å². The van der Waals surface area contributed by atoms with Crippen LogP contribution in [-0.4, -0.2) is 36.4 Å². The van der Waals surface area contributed by atoms with Crippen LogP contribution in [0.2, 0.25) is 0 Å². The van der Waals surface area contributed by atoms with Crippen LogP contribution < -0.4 is 5.32 Å². The quantitative estimate of drug-likeness (QED) is 0.648. The Labute approximate surface area is 83.1 Å². The Balaban J connectivity index is 0.000000845. The third kappa shape index (κ3) is 2.13. The average molecular weight is 208 g/mol. The van der Waals surface area contributed by atoms with Crippen molar-refractivity contribution in [2.24, 2.45) is 5.92 Å². The molecule has 3 atom stereocenters. The van der Waals surface area contributed by atoms with Crippen molar-refractivity contribution in [3.8, 4) is 0 Å². The van der Waals surface area contributed by atoms with Gasteiger partial charge in [0.1, 0.15) is 0 Å². The Morgan fingerprint density at radius 1 is 1.46 bits per heavy atom. The summed E-state index contributed by atoms with van der Waals surface area (Å²) in [5, 5.41) is 12.1. The molecule has 1 aliphatic carbocycles. The van der Waals surface area contributed by atoms with E-state index < -0.39 is 5.97 Å². The first-order valence-corrected chi connectivity index (χ1v) is 4.35. The van der Waals surface area contributed by atoms with E-state index in [9.17, 15) is 4.79 Å². The molecule has 0 aromatic carbocycles. The van der Waals surface area contributed by atoms with Gasteiger partial charge in [-0.15, -0.1) is 12.4 Å². The van der Waals surface area contributed by atoms with E-state index in [2.05, 4.69) is 5.32 Å². The number of ether oxygens (including phenoxy) is 1. The highest BCUT2D eigenvalue weighted by Gasteiger charge is 2.39. The number of aliphatic carboxylic acids is 1. The summed E-state index contributed by atoms with van der Waals surface area (Å²) in [4.78, 5) is 10.7. The number of carboxylic acid groups (broad SMARTS) is 1. The third-order valence-electron chi connectivity index (χ3n) is 2.69. The molecule has 0 bridgehead atoms. The lowest BCUT2D eigenvalue weighted by Gasteiger charge is -2.26. The van der Waals surface area contributed by atoms with Crippen molar-refractivity contribution in [1.82, 2.24) is 5.32 Å². The van der Waals surface area contributed by atoms with Gasteiger partial charge in [-0.2, -0.15) is 0 Å². The van der Waals surface area contributed by atoms with Crippen molar-refractivity contribution in [3.63, 3.8) is 0 Å². The second-order valence-corrected chi connectivity index (χ2v) is 3.48. The van der Waals surface area contributed by atoms with Crippen LogP contribution in [-0.2, 0) is 9.53 Å². The Morgan fingerprint density at radius 3 is 2.85 bits per heavy atom. The molecular weight excluding hydrogens is 194 g/mol. The number of carboxylic acids is 1. The molecule has 4 nitrogen and oxygen atoms in total. The van der Waals surface area contributed by atoms with E-state index in [0.717, 1.165) is 13.0 Å². The maximum absolute atomic E-state index is 10.7. The summed E-state index contributed by atoms with van der Waals surface area (Å²) in [6.07, 6.45) is 1.53. The van der Waals surface area contributed by atoms with Gasteiger partial charge in [0.05, 0.1) is 18.6 Å². The topological polar surface area (TPSA) is 58.6 Å². The lowest BCUT2D eigenvalue weighted by molar-refractivity contribution is -0.141. The van der Waals surface area contributed by atoms with Crippen LogP contribution in [0.4, 0.5) is 0 Å². The molecule has 0 aromatic rings. The summed E-state index contributed by atoms with van der Waals surface area (Å²) in [6, 6.07) is 0.278. The molecule has 0 spiro atoms. The number of hydrogen-bond donors (Lipinski definition) is 2. The van der Waals surface area contributed by atoms with Gasteiger partial charge in [-0.3, -0.25) is 4.79 Å². The molecular formula is C8H14ClNO3. The van der Waals surface area contributed by atoms with Gasteiger partial charge in [-0.05, 0) is 12.8 Å². The van der Waals surface area contributed by atoms with Crippen LogP contribution in [0, 0.1) is 5.92 Å². The molecule has 1 saturated carbocycles. The van der Waals surface area contributed by atoms with Gasteiger partial charge >= 0.3 is 5.97 Å². The summed E-state index contributed by atoms with van der Waals surface area (Å²) in [5.74, 6) is -0.889. The molecule has 2 aliphatic rings. The van der Waals surface area contributed by atoms with Gasteiger partial charge in [0.2, 0.25) is 0 Å². The van der Waals surface area contributed by atoms with Crippen LogP contribution in [0.25, 0.3) is 0 Å². The molecule has 0 radical (unpaired) electrons. The number of fused-ring (bicyclic) bond motifs is 1. The first-order valence-electron chi connectivity index (χ1n) is 4.35. The van der Waals surface area contributed by atoms with E-state index in [0.29, 0.717) is 13.0 Å². The number of morpholine rings is 1. The molecule has 0 aromatic heterocycles. The van der Waals surface area contributed by atoms with E-state index in [1.807, 2.05) is 0 Å². The standard InChI is InChI=1S/C8H13NO3.ClH/c10-8(11)5-3-6-7(4-5)12-2-1-9-6;/h5-7,9H,1-4H2,(H,10,11);1H. The summed E-state index contributed by atoms with van der Waals surface area (Å²) >= 11 is 0. The predicted molar refractivity (Wildman–Crippen MR) is 49.1 cm³/mol. The van der Waals surface area contributed by atoms with Gasteiger partial charge in [-0.1, -0.05) is 0 Å². The normalized spacial score (nSPS) is 37.7. The molecule has 3 unspecified atom stereocenters. The van der Waals surface area contributed by atoms with Gasteiger partial charge < -0.3 is 15.2 Å². The zero-order chi connectivity index (χ0) is 8.55. The van der Waals surface area contributed by atoms with Crippen molar-refractivity contribution in [1.29, 1.82) is 0 Å². The number of rotatable bonds is 1. The zero-order valence-corrected chi connectivity index (χ0v) is 8.05. The fourth-order valence-corrected chi connectivity index (χ4v) is 2.05. The van der Waals surface area contributed by atoms with Crippen LogP contribution in [0.3, 0.4) is 0 Å². The number of halogens is 1. The minimum atomic E-state index is -0.685. The first kappa shape index (κ1) is 10.8. The Kier molecular flexibility index (Phi) is 3.53. The van der Waals surface area contributed by atoms with Gasteiger partial charge in [-0.25, -0.2) is 0 Å². The average Bonchev–Trinajstić information content (AvgIpc) is 2.46. The first-order chi connectivity index (χ1) is 5.77. The highest BCUT2D eigenvalue weighted by atomic mass is 35.5. The molecule has 13 heavy (non-hydrogen) atoms. The molecule has 1 aliphatic heterocycles. The second-order valence-electron chi connectivity index (χ2n) is 3.48. The predicted octanol–water partition coefficient (Wildman–Crippen LogP) is 0.260. The van der Waals surface area contributed by atoms with E-state index in [-0.39, 0.29) is 30.5 Å². The SMILES string of the molecule is Cl.O=C(O)C1CC2NCCOC2C1. The number of nitrogens with one attached hydrogen (secondary N) is 1. The van der Waals surface area contributed by atoms with Crippen molar-refractivity contribution >= 4 is 18.4 Å². The van der Waals surface area contributed by atoms with E-state index in [1.165, 1.54) is 0 Å². The minimum Gasteiger partial charge on any atom is -0.481 e. The Morgan fingerprint density at radius 2 is 2.23 bits per heavy atom. The number of hydrogen-bond acceptors (Lipinski definition) is 3. The fraction of sp³-hybridized carbons (Fsp3) is 0.875. The van der Waals surface area contributed by atoms with E-state index >= 15 is 0 Å². The summed E-state index contributed by atoms with van der Waals surface area (Å²) in [5.41, 5.74) is 0. The monoisotopic (exact) mass is 207 g/mol. The Bertz CT molecular complexity index is 186. The molecule has 5 heteroatoms. The van der Waals surface area contributed by atoms with Crippen molar-refractivity contribution in [2.45, 2.75) is 25.0 Å². The van der Waals surface area contributed by atoms with E-state index in [1.54, 1.807) is 0 Å². The molecule has 2 fully saturated rings. The molecule has 0 amide bonds. The van der Waals surface area contributed by atoms with Crippen LogP contribution >= 0.6 is 12.4 Å². The largest absolute Gasteiger partial charge is 0.481 e. The zero-order valence-electron chi connectivity index (χ0n) is 7.23. The molecule has 1 heterocycles. The maximum Gasteiger partial charge on any atom is 0.306 e. The van der Waals surface area contributed by atoms with Gasteiger partial charge in [0, 0.05) is 12.6 Å². The molecule has 1 saturated heterocycles. The summed E-state index contributed by atoms with van der Waals surface area (Å²) < 4.78 is 5.46. The Hall–Kier alpha value is -0.320. The van der Waals surface area contributed by atoms with Gasteiger partial charge in [0.25, 0.3) is 0 Å². The smallest absolute Gasteiger partial charge is 0.306 e. The lowest BCUT2D eigenvalue weighted by Crippen LogP contribution is -2.44. The van der Waals surface area contributed by atoms with Gasteiger partial charge in [0.15, 0.2) is 0 Å². The fourth-order valence-electron chi connectivity index (χ4n) is 2.05. The molecule has 2 N–H and O–H groups in total. The highest BCUT2D eigenvalue weighted by Crippen LogP contribution is 2.29. The second kappa shape index (κ2) is 4.26. The summed E-state index contributed by atoms with van der Waals surface area (Å²) in [7, 11) is 0. The van der Waals surface area contributed by atoms with Crippen LogP contribution in [0.15, 0.2) is 0 Å². The lowest BCUT2D eigenvalue weighted by atomic mass is 10.1. The van der Waals surface area contributed by atoms with Crippen molar-refractivity contribution in [3.05, 3.63) is 0 Å². The van der Waals surface area contributed by atoms with Crippen LogP contribution in [0.1, 0.15) is 12.8 Å².